The Morgan fingerprint density at radius 1 is 1.82 bits per heavy atom. The zero-order valence-corrected chi connectivity index (χ0v) is 6.91. The highest BCUT2D eigenvalue weighted by Gasteiger charge is 1.92. The third-order valence-corrected chi connectivity index (χ3v) is 1.58. The van der Waals surface area contributed by atoms with E-state index in [0.717, 1.165) is 11.3 Å². The molecule has 0 saturated carbocycles. The molecule has 60 valence electrons. The summed E-state index contributed by atoms with van der Waals surface area (Å²) in [7, 11) is 1.91. The average Bonchev–Trinajstić information content (AvgIpc) is 2.37. The predicted molar refractivity (Wildman–Crippen MR) is 45.9 cm³/mol. The summed E-state index contributed by atoms with van der Waals surface area (Å²) in [6.07, 6.45) is 3.81. The lowest BCUT2D eigenvalue weighted by Gasteiger charge is -1.96. The highest BCUT2D eigenvalue weighted by Crippen LogP contribution is 2.02. The molecule has 11 heavy (non-hydrogen) atoms. The quantitative estimate of drug-likeness (QED) is 0.679. The maximum atomic E-state index is 5.44. The SMILES string of the molecule is C/C(=C\c1ccnn1C)CN. The van der Waals surface area contributed by atoms with Crippen molar-refractivity contribution in [3.63, 3.8) is 0 Å². The van der Waals surface area contributed by atoms with Crippen LogP contribution in [0, 0.1) is 0 Å². The molecule has 1 aromatic heterocycles. The van der Waals surface area contributed by atoms with Crippen LogP contribution in [0.15, 0.2) is 17.8 Å². The fourth-order valence-electron chi connectivity index (χ4n) is 0.837. The lowest BCUT2D eigenvalue weighted by atomic mass is 10.2. The molecule has 0 aromatic carbocycles. The first-order valence-corrected chi connectivity index (χ1v) is 3.59. The summed E-state index contributed by atoms with van der Waals surface area (Å²) in [6, 6.07) is 1.96. The second-order valence-electron chi connectivity index (χ2n) is 2.57. The Morgan fingerprint density at radius 3 is 3.00 bits per heavy atom. The van der Waals surface area contributed by atoms with Crippen molar-refractivity contribution in [3.8, 4) is 0 Å². The van der Waals surface area contributed by atoms with E-state index in [-0.39, 0.29) is 0 Å². The van der Waals surface area contributed by atoms with Gasteiger partial charge in [-0.3, -0.25) is 4.68 Å². The van der Waals surface area contributed by atoms with Gasteiger partial charge in [0.2, 0.25) is 0 Å². The molecule has 0 aliphatic carbocycles. The smallest absolute Gasteiger partial charge is 0.0606 e. The van der Waals surface area contributed by atoms with Crippen molar-refractivity contribution in [2.45, 2.75) is 6.92 Å². The number of aryl methyl sites for hydroxylation is 1. The van der Waals surface area contributed by atoms with Crippen molar-refractivity contribution in [1.82, 2.24) is 9.78 Å². The van der Waals surface area contributed by atoms with Gasteiger partial charge < -0.3 is 5.73 Å². The van der Waals surface area contributed by atoms with Crippen LogP contribution < -0.4 is 5.73 Å². The molecular weight excluding hydrogens is 138 g/mol. The lowest BCUT2D eigenvalue weighted by Crippen LogP contribution is -2.00. The Hall–Kier alpha value is -1.09. The van der Waals surface area contributed by atoms with Gasteiger partial charge in [0, 0.05) is 19.8 Å². The molecule has 0 amide bonds. The van der Waals surface area contributed by atoms with E-state index in [1.54, 1.807) is 6.20 Å². The van der Waals surface area contributed by atoms with Crippen molar-refractivity contribution in [3.05, 3.63) is 23.5 Å². The van der Waals surface area contributed by atoms with E-state index in [1.165, 1.54) is 0 Å². The Bertz CT molecular complexity index is 260. The van der Waals surface area contributed by atoms with E-state index in [1.807, 2.05) is 30.8 Å². The van der Waals surface area contributed by atoms with Crippen molar-refractivity contribution < 1.29 is 0 Å². The van der Waals surface area contributed by atoms with Crippen LogP contribution in [0.2, 0.25) is 0 Å². The molecule has 0 fully saturated rings. The van der Waals surface area contributed by atoms with E-state index in [0.29, 0.717) is 6.54 Å². The van der Waals surface area contributed by atoms with Crippen LogP contribution in [-0.4, -0.2) is 16.3 Å². The molecule has 1 aromatic rings. The van der Waals surface area contributed by atoms with Crippen LogP contribution in [0.4, 0.5) is 0 Å². The second kappa shape index (κ2) is 3.34. The first-order valence-electron chi connectivity index (χ1n) is 3.59. The molecule has 0 spiro atoms. The number of aromatic nitrogens is 2. The highest BCUT2D eigenvalue weighted by molar-refractivity contribution is 5.48. The third kappa shape index (κ3) is 1.91. The summed E-state index contributed by atoms with van der Waals surface area (Å²) in [5, 5.41) is 4.04. The zero-order valence-electron chi connectivity index (χ0n) is 6.91. The third-order valence-electron chi connectivity index (χ3n) is 1.58. The first kappa shape index (κ1) is 8.01. The van der Waals surface area contributed by atoms with Gasteiger partial charge in [0.1, 0.15) is 0 Å². The van der Waals surface area contributed by atoms with E-state index < -0.39 is 0 Å². The van der Waals surface area contributed by atoms with Gasteiger partial charge in [0.15, 0.2) is 0 Å². The van der Waals surface area contributed by atoms with Gasteiger partial charge in [-0.1, -0.05) is 5.57 Å². The summed E-state index contributed by atoms with van der Waals surface area (Å²) < 4.78 is 1.82. The van der Waals surface area contributed by atoms with Crippen molar-refractivity contribution in [1.29, 1.82) is 0 Å². The number of nitrogens with zero attached hydrogens (tertiary/aromatic N) is 2. The molecule has 0 saturated heterocycles. The zero-order chi connectivity index (χ0) is 8.27. The maximum Gasteiger partial charge on any atom is 0.0606 e. The van der Waals surface area contributed by atoms with Gasteiger partial charge in [-0.25, -0.2) is 0 Å². The maximum absolute atomic E-state index is 5.44. The minimum absolute atomic E-state index is 0.602. The van der Waals surface area contributed by atoms with Gasteiger partial charge >= 0.3 is 0 Å². The van der Waals surface area contributed by atoms with Crippen LogP contribution in [0.3, 0.4) is 0 Å². The lowest BCUT2D eigenvalue weighted by molar-refractivity contribution is 0.759. The molecule has 0 aliphatic rings. The van der Waals surface area contributed by atoms with Gasteiger partial charge in [-0.2, -0.15) is 5.10 Å². The van der Waals surface area contributed by atoms with Crippen LogP contribution in [0.1, 0.15) is 12.6 Å². The molecule has 0 unspecified atom stereocenters. The predicted octanol–water partition coefficient (Wildman–Crippen LogP) is 0.782. The number of rotatable bonds is 2. The molecule has 0 radical (unpaired) electrons. The topological polar surface area (TPSA) is 43.8 Å². The summed E-state index contributed by atoms with van der Waals surface area (Å²) in [5.74, 6) is 0. The van der Waals surface area contributed by atoms with Crippen LogP contribution in [0.5, 0.6) is 0 Å². The summed E-state index contributed by atoms with van der Waals surface area (Å²) in [4.78, 5) is 0. The molecular formula is C8H13N3. The van der Waals surface area contributed by atoms with Crippen LogP contribution in [0.25, 0.3) is 6.08 Å². The van der Waals surface area contributed by atoms with Crippen LogP contribution >= 0.6 is 0 Å². The average molecular weight is 151 g/mol. The Balaban J connectivity index is 2.86. The molecule has 2 N–H and O–H groups in total. The van der Waals surface area contributed by atoms with E-state index in [4.69, 9.17) is 5.73 Å². The largest absolute Gasteiger partial charge is 0.327 e. The van der Waals surface area contributed by atoms with E-state index in [9.17, 15) is 0 Å². The summed E-state index contributed by atoms with van der Waals surface area (Å²) in [6.45, 7) is 2.61. The van der Waals surface area contributed by atoms with Crippen molar-refractivity contribution in [2.24, 2.45) is 12.8 Å². The van der Waals surface area contributed by atoms with Gasteiger partial charge in [-0.15, -0.1) is 0 Å². The Labute approximate surface area is 66.5 Å². The first-order chi connectivity index (χ1) is 5.24. The van der Waals surface area contributed by atoms with Gasteiger partial charge in [0.05, 0.1) is 5.69 Å². The monoisotopic (exact) mass is 151 g/mol. The van der Waals surface area contributed by atoms with Gasteiger partial charge in [0.25, 0.3) is 0 Å². The molecule has 0 atom stereocenters. The van der Waals surface area contributed by atoms with Crippen molar-refractivity contribution in [2.75, 3.05) is 6.54 Å². The van der Waals surface area contributed by atoms with E-state index in [2.05, 4.69) is 5.10 Å². The molecule has 0 aliphatic heterocycles. The fraction of sp³-hybridized carbons (Fsp3) is 0.375. The Morgan fingerprint density at radius 2 is 2.55 bits per heavy atom. The minimum atomic E-state index is 0.602. The molecule has 3 heteroatoms. The number of hydrogen-bond acceptors (Lipinski definition) is 2. The van der Waals surface area contributed by atoms with E-state index >= 15 is 0 Å². The molecule has 3 nitrogen and oxygen atoms in total. The minimum Gasteiger partial charge on any atom is -0.327 e. The standard InChI is InChI=1S/C8H13N3/c1-7(6-9)5-8-3-4-10-11(8)2/h3-5H,6,9H2,1-2H3/b7-5+. The Kier molecular flexibility index (Phi) is 2.44. The second-order valence-corrected chi connectivity index (χ2v) is 2.57. The highest BCUT2D eigenvalue weighted by atomic mass is 15.2. The number of nitrogens with two attached hydrogens (primary N) is 1. The number of hydrogen-bond donors (Lipinski definition) is 1. The van der Waals surface area contributed by atoms with Crippen molar-refractivity contribution >= 4 is 6.08 Å². The molecule has 0 bridgehead atoms. The normalized spacial score (nSPS) is 12.1. The fourth-order valence-corrected chi connectivity index (χ4v) is 0.837. The summed E-state index contributed by atoms with van der Waals surface area (Å²) >= 11 is 0. The van der Waals surface area contributed by atoms with Gasteiger partial charge in [-0.05, 0) is 19.1 Å². The van der Waals surface area contributed by atoms with Crippen LogP contribution in [-0.2, 0) is 7.05 Å². The summed E-state index contributed by atoms with van der Waals surface area (Å²) in [5.41, 5.74) is 7.69. The molecule has 1 rings (SSSR count). The molecule has 1 heterocycles.